The average molecular weight is 422 g/mol. The van der Waals surface area contributed by atoms with Crippen molar-refractivity contribution >= 4 is 5.96 Å². The Labute approximate surface area is 176 Å². The van der Waals surface area contributed by atoms with E-state index in [1.807, 2.05) is 31.6 Å². The van der Waals surface area contributed by atoms with Crippen LogP contribution in [0.4, 0.5) is 13.2 Å². The van der Waals surface area contributed by atoms with Crippen molar-refractivity contribution in [3.8, 4) is 0 Å². The molecule has 1 aliphatic heterocycles. The number of guanidine groups is 1. The van der Waals surface area contributed by atoms with Gasteiger partial charge < -0.3 is 15.2 Å². The van der Waals surface area contributed by atoms with Gasteiger partial charge in [0, 0.05) is 45.1 Å². The number of benzene rings is 1. The van der Waals surface area contributed by atoms with Crippen LogP contribution in [0.15, 0.2) is 53.8 Å². The Morgan fingerprint density at radius 3 is 2.47 bits per heavy atom. The van der Waals surface area contributed by atoms with Crippen molar-refractivity contribution in [1.29, 1.82) is 0 Å². The lowest BCUT2D eigenvalue weighted by Crippen LogP contribution is -2.45. The van der Waals surface area contributed by atoms with Crippen molar-refractivity contribution in [2.45, 2.75) is 31.6 Å². The van der Waals surface area contributed by atoms with Gasteiger partial charge in [0.25, 0.3) is 0 Å². The second-order valence-electron chi connectivity index (χ2n) is 7.75. The summed E-state index contributed by atoms with van der Waals surface area (Å²) in [5.74, 6) is 1.02. The highest BCUT2D eigenvalue weighted by Crippen LogP contribution is 2.36. The van der Waals surface area contributed by atoms with E-state index in [9.17, 15) is 13.2 Å². The van der Waals surface area contributed by atoms with Crippen molar-refractivity contribution in [1.82, 2.24) is 20.1 Å². The van der Waals surface area contributed by atoms with E-state index in [1.54, 1.807) is 19.2 Å². The van der Waals surface area contributed by atoms with Gasteiger partial charge >= 0.3 is 6.18 Å². The Balaban J connectivity index is 1.59. The molecule has 1 saturated heterocycles. The maximum absolute atomic E-state index is 12.9. The van der Waals surface area contributed by atoms with Crippen LogP contribution in [0, 0.1) is 5.92 Å². The van der Waals surface area contributed by atoms with E-state index in [-0.39, 0.29) is 12.0 Å². The molecule has 1 aromatic carbocycles. The normalized spacial score (nSPS) is 20.9. The highest BCUT2D eigenvalue weighted by Gasteiger charge is 2.33. The zero-order valence-corrected chi connectivity index (χ0v) is 17.5. The fourth-order valence-electron chi connectivity index (χ4n) is 4.14. The Morgan fingerprint density at radius 2 is 1.83 bits per heavy atom. The number of hydrogen-bond donors (Lipinski definition) is 2. The Kier molecular flexibility index (Phi) is 7.42. The van der Waals surface area contributed by atoms with Crippen LogP contribution in [0.25, 0.3) is 0 Å². The number of halogens is 3. The van der Waals surface area contributed by atoms with Gasteiger partial charge in [-0.05, 0) is 62.2 Å². The molecule has 2 heterocycles. The number of piperidine rings is 1. The third kappa shape index (κ3) is 5.78. The Morgan fingerprint density at radius 1 is 1.13 bits per heavy atom. The third-order valence-corrected chi connectivity index (χ3v) is 5.67. The highest BCUT2D eigenvalue weighted by atomic mass is 19.4. The summed E-state index contributed by atoms with van der Waals surface area (Å²) in [7, 11) is 3.78. The highest BCUT2D eigenvalue weighted by molar-refractivity contribution is 5.79. The number of nitrogens with one attached hydrogen (secondary N) is 2. The lowest BCUT2D eigenvalue weighted by atomic mass is 9.84. The minimum Gasteiger partial charge on any atom is -0.356 e. The average Bonchev–Trinajstić information content (AvgIpc) is 3.23. The first-order valence-electron chi connectivity index (χ1n) is 10.3. The zero-order chi connectivity index (χ0) is 21.6. The monoisotopic (exact) mass is 421 g/mol. The van der Waals surface area contributed by atoms with Crippen LogP contribution in [0.5, 0.6) is 0 Å². The number of likely N-dealkylation sites (tertiary alicyclic amines) is 1. The number of rotatable bonds is 6. The van der Waals surface area contributed by atoms with Crippen molar-refractivity contribution in [3.05, 3.63) is 59.9 Å². The second-order valence-corrected chi connectivity index (χ2v) is 7.75. The van der Waals surface area contributed by atoms with Crippen LogP contribution in [-0.2, 0) is 12.7 Å². The summed E-state index contributed by atoms with van der Waals surface area (Å²) >= 11 is 0. The molecule has 5 nitrogen and oxygen atoms in total. The molecule has 0 spiro atoms. The first kappa shape index (κ1) is 22.2. The molecule has 0 bridgehead atoms. The summed E-state index contributed by atoms with van der Waals surface area (Å²) in [5.41, 5.74) is 0.319. The van der Waals surface area contributed by atoms with E-state index < -0.39 is 11.7 Å². The predicted molar refractivity (Wildman–Crippen MR) is 113 cm³/mol. The summed E-state index contributed by atoms with van der Waals surface area (Å²) in [5, 5.41) is 6.71. The van der Waals surface area contributed by atoms with Gasteiger partial charge in [0.2, 0.25) is 0 Å². The summed E-state index contributed by atoms with van der Waals surface area (Å²) in [6.45, 7) is 3.24. The van der Waals surface area contributed by atoms with E-state index in [0.717, 1.165) is 44.0 Å². The molecule has 0 amide bonds. The van der Waals surface area contributed by atoms with E-state index in [2.05, 4.69) is 25.1 Å². The van der Waals surface area contributed by atoms with Gasteiger partial charge in [-0.1, -0.05) is 12.1 Å². The molecule has 8 heteroatoms. The number of aromatic nitrogens is 1. The summed E-state index contributed by atoms with van der Waals surface area (Å²) < 4.78 is 40.8. The van der Waals surface area contributed by atoms with Crippen LogP contribution < -0.4 is 10.6 Å². The lowest BCUT2D eigenvalue weighted by molar-refractivity contribution is -0.137. The van der Waals surface area contributed by atoms with E-state index in [1.165, 1.54) is 12.1 Å². The molecule has 3 rings (SSSR count). The van der Waals surface area contributed by atoms with E-state index in [4.69, 9.17) is 0 Å². The van der Waals surface area contributed by atoms with Gasteiger partial charge in [-0.3, -0.25) is 9.89 Å². The molecule has 2 N–H and O–H groups in total. The van der Waals surface area contributed by atoms with Crippen LogP contribution in [0.1, 0.15) is 30.0 Å². The molecule has 30 heavy (non-hydrogen) atoms. The molecule has 0 saturated carbocycles. The van der Waals surface area contributed by atoms with E-state index >= 15 is 0 Å². The van der Waals surface area contributed by atoms with Crippen molar-refractivity contribution in [3.63, 3.8) is 0 Å². The molecular weight excluding hydrogens is 391 g/mol. The lowest BCUT2D eigenvalue weighted by Gasteiger charge is -2.40. The largest absolute Gasteiger partial charge is 0.416 e. The fourth-order valence-corrected chi connectivity index (χ4v) is 4.14. The standard InChI is InChI=1S/C22H30F3N5/c1-26-21(27-11-15-30-13-3-4-14-30)28-16-18-6-5-12-29(2)20(18)17-7-9-19(10-8-17)22(23,24)25/h3-4,7-10,13-14,18,20H,5-6,11-12,15-16H2,1-2H3,(H2,26,27,28). The molecule has 164 valence electrons. The molecule has 1 aromatic heterocycles. The smallest absolute Gasteiger partial charge is 0.356 e. The second kappa shape index (κ2) is 10.0. The molecule has 2 atom stereocenters. The number of hydrogen-bond acceptors (Lipinski definition) is 2. The minimum atomic E-state index is -4.31. The van der Waals surface area contributed by atoms with E-state index in [0.29, 0.717) is 6.54 Å². The van der Waals surface area contributed by atoms with Gasteiger partial charge in [0.15, 0.2) is 5.96 Å². The van der Waals surface area contributed by atoms with Crippen LogP contribution in [0.2, 0.25) is 0 Å². The van der Waals surface area contributed by atoms with Gasteiger partial charge in [-0.25, -0.2) is 0 Å². The molecule has 0 aliphatic carbocycles. The number of nitrogens with zero attached hydrogens (tertiary/aromatic N) is 3. The number of alkyl halides is 3. The van der Waals surface area contributed by atoms with Gasteiger partial charge in [-0.15, -0.1) is 0 Å². The maximum atomic E-state index is 12.9. The van der Waals surface area contributed by atoms with Crippen LogP contribution in [0.3, 0.4) is 0 Å². The fraction of sp³-hybridized carbons (Fsp3) is 0.500. The van der Waals surface area contributed by atoms with Crippen LogP contribution >= 0.6 is 0 Å². The molecule has 1 fully saturated rings. The molecule has 1 aliphatic rings. The van der Waals surface area contributed by atoms with Crippen molar-refractivity contribution in [2.24, 2.45) is 10.9 Å². The first-order chi connectivity index (χ1) is 14.4. The minimum absolute atomic E-state index is 0.0755. The maximum Gasteiger partial charge on any atom is 0.416 e. The SMILES string of the molecule is CN=C(NCCn1cccc1)NCC1CCCN(C)C1c1ccc(C(F)(F)F)cc1. The van der Waals surface area contributed by atoms with Gasteiger partial charge in [-0.2, -0.15) is 13.2 Å². The Bertz CT molecular complexity index is 799. The quantitative estimate of drug-likeness (QED) is 0.552. The molecular formula is C22H30F3N5. The first-order valence-corrected chi connectivity index (χ1v) is 10.3. The third-order valence-electron chi connectivity index (χ3n) is 5.67. The van der Waals surface area contributed by atoms with Crippen LogP contribution in [-0.4, -0.2) is 49.2 Å². The molecule has 2 aromatic rings. The topological polar surface area (TPSA) is 44.6 Å². The zero-order valence-electron chi connectivity index (χ0n) is 17.5. The predicted octanol–water partition coefficient (Wildman–Crippen LogP) is 3.76. The van der Waals surface area contributed by atoms with Crippen molar-refractivity contribution < 1.29 is 13.2 Å². The summed E-state index contributed by atoms with van der Waals surface area (Å²) in [6.07, 6.45) is 1.81. The van der Waals surface area contributed by atoms with Gasteiger partial charge in [0.1, 0.15) is 0 Å². The summed E-state index contributed by atoms with van der Waals surface area (Å²) in [6, 6.07) is 9.67. The summed E-state index contributed by atoms with van der Waals surface area (Å²) in [4.78, 5) is 6.53. The Hall–Kier alpha value is -2.48. The van der Waals surface area contributed by atoms with Crippen molar-refractivity contribution in [2.75, 3.05) is 33.7 Å². The van der Waals surface area contributed by atoms with Gasteiger partial charge in [0.05, 0.1) is 5.56 Å². The molecule has 0 radical (unpaired) electrons. The number of aliphatic imine (C=N–C) groups is 1. The molecule has 2 unspecified atom stereocenters.